The average molecular weight is 358 g/mol. The summed E-state index contributed by atoms with van der Waals surface area (Å²) in [5.41, 5.74) is 2.12. The van der Waals surface area contributed by atoms with E-state index in [1.807, 2.05) is 18.2 Å². The zero-order chi connectivity index (χ0) is 17.2. The second-order valence-corrected chi connectivity index (χ2v) is 6.49. The van der Waals surface area contributed by atoms with Gasteiger partial charge in [-0.25, -0.2) is 9.37 Å². The molecule has 1 fully saturated rings. The summed E-state index contributed by atoms with van der Waals surface area (Å²) in [5, 5.41) is 0.657. The van der Waals surface area contributed by atoms with E-state index in [9.17, 15) is 4.39 Å². The molecule has 3 aromatic rings. The standard InChI is InChI=1S/C18H17ClFN5/c19-13-3-4-15-16(10-13)22-11-18(23-15)25-8-6-24(7-9-25)12-17-14(20)2-1-5-21-17/h1-5,10-11H,6-9,12H2. The van der Waals surface area contributed by atoms with Crippen LogP contribution in [0, 0.1) is 5.82 Å². The number of anilines is 1. The molecular formula is C18H17ClFN5. The highest BCUT2D eigenvalue weighted by Crippen LogP contribution is 2.20. The van der Waals surface area contributed by atoms with Gasteiger partial charge in [0.05, 0.1) is 22.9 Å². The van der Waals surface area contributed by atoms with Gasteiger partial charge in [-0.3, -0.25) is 14.9 Å². The molecule has 1 saturated heterocycles. The summed E-state index contributed by atoms with van der Waals surface area (Å²) in [4.78, 5) is 17.7. The highest BCUT2D eigenvalue weighted by atomic mass is 35.5. The van der Waals surface area contributed by atoms with Crippen LogP contribution in [-0.4, -0.2) is 46.0 Å². The van der Waals surface area contributed by atoms with Crippen molar-refractivity contribution in [1.82, 2.24) is 19.9 Å². The minimum absolute atomic E-state index is 0.246. The number of fused-ring (bicyclic) bond motifs is 1. The lowest BCUT2D eigenvalue weighted by atomic mass is 10.2. The van der Waals surface area contributed by atoms with Crippen LogP contribution < -0.4 is 4.90 Å². The maximum absolute atomic E-state index is 13.7. The van der Waals surface area contributed by atoms with Gasteiger partial charge in [0.1, 0.15) is 11.6 Å². The van der Waals surface area contributed by atoms with Crippen LogP contribution in [0.1, 0.15) is 5.69 Å². The normalized spacial score (nSPS) is 15.7. The summed E-state index contributed by atoms with van der Waals surface area (Å²) in [6, 6.07) is 8.58. The van der Waals surface area contributed by atoms with Crippen LogP contribution >= 0.6 is 11.6 Å². The van der Waals surface area contributed by atoms with E-state index in [0.29, 0.717) is 17.3 Å². The Balaban J connectivity index is 1.43. The van der Waals surface area contributed by atoms with Crippen molar-refractivity contribution in [3.05, 3.63) is 59.3 Å². The monoisotopic (exact) mass is 357 g/mol. The minimum Gasteiger partial charge on any atom is -0.353 e. The highest BCUT2D eigenvalue weighted by molar-refractivity contribution is 6.31. The van der Waals surface area contributed by atoms with Crippen molar-refractivity contribution in [2.24, 2.45) is 0 Å². The molecule has 1 aromatic carbocycles. The van der Waals surface area contributed by atoms with Crippen LogP contribution in [0.25, 0.3) is 11.0 Å². The minimum atomic E-state index is -0.246. The Morgan fingerprint density at radius 2 is 1.88 bits per heavy atom. The van der Waals surface area contributed by atoms with E-state index in [4.69, 9.17) is 11.6 Å². The maximum Gasteiger partial charge on any atom is 0.147 e. The molecule has 1 aliphatic rings. The van der Waals surface area contributed by atoms with E-state index in [1.165, 1.54) is 6.07 Å². The van der Waals surface area contributed by atoms with Gasteiger partial charge >= 0.3 is 0 Å². The number of nitrogens with zero attached hydrogens (tertiary/aromatic N) is 5. The third-order valence-corrected chi connectivity index (χ3v) is 4.63. The van der Waals surface area contributed by atoms with Crippen molar-refractivity contribution in [3.8, 4) is 0 Å². The molecular weight excluding hydrogens is 341 g/mol. The number of halogens is 2. The first kappa shape index (κ1) is 16.2. The van der Waals surface area contributed by atoms with Crippen LogP contribution in [0.4, 0.5) is 10.2 Å². The van der Waals surface area contributed by atoms with E-state index >= 15 is 0 Å². The first-order valence-electron chi connectivity index (χ1n) is 8.18. The zero-order valence-electron chi connectivity index (χ0n) is 13.6. The third kappa shape index (κ3) is 3.55. The molecule has 25 heavy (non-hydrogen) atoms. The second-order valence-electron chi connectivity index (χ2n) is 6.06. The molecule has 0 atom stereocenters. The molecule has 5 nitrogen and oxygen atoms in total. The molecule has 0 aliphatic carbocycles. The molecule has 0 unspecified atom stereocenters. The van der Waals surface area contributed by atoms with Crippen LogP contribution in [0.5, 0.6) is 0 Å². The van der Waals surface area contributed by atoms with Gasteiger partial charge in [-0.1, -0.05) is 11.6 Å². The van der Waals surface area contributed by atoms with Gasteiger partial charge in [0, 0.05) is 43.9 Å². The quantitative estimate of drug-likeness (QED) is 0.720. The van der Waals surface area contributed by atoms with E-state index in [0.717, 1.165) is 43.0 Å². The third-order valence-electron chi connectivity index (χ3n) is 4.40. The van der Waals surface area contributed by atoms with Gasteiger partial charge in [-0.15, -0.1) is 0 Å². The van der Waals surface area contributed by atoms with E-state index in [-0.39, 0.29) is 5.82 Å². The van der Waals surface area contributed by atoms with Gasteiger partial charge < -0.3 is 4.90 Å². The van der Waals surface area contributed by atoms with Crippen molar-refractivity contribution in [2.45, 2.75) is 6.54 Å². The molecule has 2 aromatic heterocycles. The Morgan fingerprint density at radius 1 is 1.04 bits per heavy atom. The molecule has 0 spiro atoms. The summed E-state index contributed by atoms with van der Waals surface area (Å²) in [5.74, 6) is 0.613. The Morgan fingerprint density at radius 3 is 2.68 bits per heavy atom. The molecule has 0 radical (unpaired) electrons. The molecule has 4 rings (SSSR count). The van der Waals surface area contributed by atoms with Crippen molar-refractivity contribution in [3.63, 3.8) is 0 Å². The second kappa shape index (κ2) is 6.90. The summed E-state index contributed by atoms with van der Waals surface area (Å²) in [6.07, 6.45) is 3.42. The van der Waals surface area contributed by atoms with Crippen LogP contribution in [0.2, 0.25) is 5.02 Å². The van der Waals surface area contributed by atoms with E-state index in [1.54, 1.807) is 18.5 Å². The lowest BCUT2D eigenvalue weighted by Gasteiger charge is -2.35. The topological polar surface area (TPSA) is 45.2 Å². The van der Waals surface area contributed by atoms with Gasteiger partial charge in [0.25, 0.3) is 0 Å². The Labute approximate surface area is 150 Å². The van der Waals surface area contributed by atoms with E-state index < -0.39 is 0 Å². The fourth-order valence-corrected chi connectivity index (χ4v) is 3.17. The molecule has 7 heteroatoms. The Bertz CT molecular complexity index is 896. The molecule has 0 saturated carbocycles. The average Bonchev–Trinajstić information content (AvgIpc) is 2.64. The number of piperazine rings is 1. The number of rotatable bonds is 3. The lowest BCUT2D eigenvalue weighted by Crippen LogP contribution is -2.46. The van der Waals surface area contributed by atoms with Gasteiger partial charge in [0.15, 0.2) is 0 Å². The largest absolute Gasteiger partial charge is 0.353 e. The number of hydrogen-bond acceptors (Lipinski definition) is 5. The fraction of sp³-hybridized carbons (Fsp3) is 0.278. The molecule has 1 aliphatic heterocycles. The number of pyridine rings is 1. The Kier molecular flexibility index (Phi) is 4.46. The van der Waals surface area contributed by atoms with E-state index in [2.05, 4.69) is 24.8 Å². The predicted octanol–water partition coefficient (Wildman–Crippen LogP) is 3.14. The van der Waals surface area contributed by atoms with Crippen LogP contribution in [-0.2, 0) is 6.54 Å². The van der Waals surface area contributed by atoms with Crippen LogP contribution in [0.3, 0.4) is 0 Å². The number of hydrogen-bond donors (Lipinski definition) is 0. The van der Waals surface area contributed by atoms with Gasteiger partial charge in [-0.2, -0.15) is 0 Å². The first-order chi connectivity index (χ1) is 12.2. The summed E-state index contributed by atoms with van der Waals surface area (Å²) in [6.45, 7) is 3.83. The molecule has 0 bridgehead atoms. The van der Waals surface area contributed by atoms with Gasteiger partial charge in [0.2, 0.25) is 0 Å². The fourth-order valence-electron chi connectivity index (χ4n) is 3.01. The zero-order valence-corrected chi connectivity index (χ0v) is 14.3. The molecule has 0 amide bonds. The first-order valence-corrected chi connectivity index (χ1v) is 8.56. The smallest absolute Gasteiger partial charge is 0.147 e. The molecule has 0 N–H and O–H groups in total. The van der Waals surface area contributed by atoms with Crippen molar-refractivity contribution < 1.29 is 4.39 Å². The molecule has 128 valence electrons. The SMILES string of the molecule is Fc1cccnc1CN1CCN(c2cnc3cc(Cl)ccc3n2)CC1. The molecule has 3 heterocycles. The maximum atomic E-state index is 13.7. The highest BCUT2D eigenvalue weighted by Gasteiger charge is 2.20. The van der Waals surface area contributed by atoms with Crippen molar-refractivity contribution in [2.75, 3.05) is 31.1 Å². The summed E-state index contributed by atoms with van der Waals surface area (Å²) >= 11 is 5.99. The Hall–Kier alpha value is -2.31. The number of aromatic nitrogens is 3. The van der Waals surface area contributed by atoms with Crippen LogP contribution in [0.15, 0.2) is 42.7 Å². The lowest BCUT2D eigenvalue weighted by molar-refractivity contribution is 0.243. The summed E-state index contributed by atoms with van der Waals surface area (Å²) < 4.78 is 13.7. The van der Waals surface area contributed by atoms with Crippen molar-refractivity contribution >= 4 is 28.5 Å². The predicted molar refractivity (Wildman–Crippen MR) is 96.2 cm³/mol. The van der Waals surface area contributed by atoms with Gasteiger partial charge in [-0.05, 0) is 30.3 Å². The van der Waals surface area contributed by atoms with Crippen molar-refractivity contribution in [1.29, 1.82) is 0 Å². The number of benzene rings is 1. The summed E-state index contributed by atoms with van der Waals surface area (Å²) in [7, 11) is 0.